The molecule has 6 nitrogen and oxygen atoms in total. The van der Waals surface area contributed by atoms with E-state index in [2.05, 4.69) is 43.3 Å². The van der Waals surface area contributed by atoms with Gasteiger partial charge < -0.3 is 14.0 Å². The van der Waals surface area contributed by atoms with Gasteiger partial charge in [-0.3, -0.25) is 0 Å². The molecule has 2 aromatic heterocycles. The first-order valence-electron chi connectivity index (χ1n) is 7.19. The lowest BCUT2D eigenvalue weighted by Gasteiger charge is -2.28. The van der Waals surface area contributed by atoms with Crippen LogP contribution >= 0.6 is 0 Å². The Hall–Kier alpha value is -1.69. The molecule has 0 radical (unpaired) electrons. The van der Waals surface area contributed by atoms with E-state index in [4.69, 9.17) is 0 Å². The maximum atomic E-state index is 4.44. The normalized spacial score (nSPS) is 20.4. The average molecular weight is 274 g/mol. The van der Waals surface area contributed by atoms with Crippen molar-refractivity contribution in [3.05, 3.63) is 29.9 Å². The Bertz CT molecular complexity index is 584. The third-order valence-electron chi connectivity index (χ3n) is 4.22. The first kappa shape index (κ1) is 13.3. The summed E-state index contributed by atoms with van der Waals surface area (Å²) in [6.45, 7) is 5.01. The Kier molecular flexibility index (Phi) is 3.56. The van der Waals surface area contributed by atoms with Crippen LogP contribution in [0.1, 0.15) is 36.2 Å². The molecule has 0 saturated carbocycles. The number of imidazole rings is 1. The zero-order chi connectivity index (χ0) is 14.1. The monoisotopic (exact) mass is 274 g/mol. The van der Waals surface area contributed by atoms with Gasteiger partial charge in [0.15, 0.2) is 5.82 Å². The van der Waals surface area contributed by atoms with Crippen molar-refractivity contribution in [2.45, 2.75) is 32.2 Å². The highest BCUT2D eigenvalue weighted by Gasteiger charge is 2.24. The molecule has 3 rings (SSSR count). The van der Waals surface area contributed by atoms with Gasteiger partial charge in [-0.1, -0.05) is 0 Å². The Morgan fingerprint density at radius 2 is 2.15 bits per heavy atom. The molecule has 20 heavy (non-hydrogen) atoms. The summed E-state index contributed by atoms with van der Waals surface area (Å²) in [5.41, 5.74) is 0. The van der Waals surface area contributed by atoms with Crippen molar-refractivity contribution in [2.75, 3.05) is 20.1 Å². The fourth-order valence-corrected chi connectivity index (χ4v) is 2.97. The van der Waals surface area contributed by atoms with Gasteiger partial charge in [-0.2, -0.15) is 0 Å². The Balaban J connectivity index is 1.80. The first-order chi connectivity index (χ1) is 9.65. The summed E-state index contributed by atoms with van der Waals surface area (Å²) in [7, 11) is 4.25. The molecule has 0 bridgehead atoms. The summed E-state index contributed by atoms with van der Waals surface area (Å²) < 4.78 is 4.25. The summed E-state index contributed by atoms with van der Waals surface area (Å²) in [4.78, 5) is 6.63. The van der Waals surface area contributed by atoms with Crippen molar-refractivity contribution in [1.82, 2.24) is 29.2 Å². The molecule has 1 aliphatic rings. The molecule has 1 aliphatic heterocycles. The number of likely N-dealkylation sites (tertiary alicyclic amines) is 1. The van der Waals surface area contributed by atoms with Crippen molar-refractivity contribution in [3.8, 4) is 0 Å². The van der Waals surface area contributed by atoms with E-state index in [1.54, 1.807) is 0 Å². The molecular formula is C14H22N6. The Morgan fingerprint density at radius 3 is 2.85 bits per heavy atom. The van der Waals surface area contributed by atoms with Crippen molar-refractivity contribution in [1.29, 1.82) is 0 Å². The van der Waals surface area contributed by atoms with E-state index in [9.17, 15) is 0 Å². The number of nitrogens with zero attached hydrogens (tertiary/aromatic N) is 6. The molecule has 108 valence electrons. The number of hydrogen-bond acceptors (Lipinski definition) is 4. The Labute approximate surface area is 119 Å². The predicted molar refractivity (Wildman–Crippen MR) is 76.5 cm³/mol. The van der Waals surface area contributed by atoms with Gasteiger partial charge in [0.25, 0.3) is 0 Å². The second-order valence-corrected chi connectivity index (χ2v) is 5.74. The standard InChI is InChI=1S/C14H22N6/c1-11-15-6-8-20(11)10-13-16-17-14(19(13)3)12-5-4-7-18(2)9-12/h6,8,12H,4-5,7,9-10H2,1-3H3/t12-/m1/s1. The lowest BCUT2D eigenvalue weighted by atomic mass is 9.98. The molecule has 1 fully saturated rings. The molecule has 0 amide bonds. The number of rotatable bonds is 3. The lowest BCUT2D eigenvalue weighted by Crippen LogP contribution is -2.32. The van der Waals surface area contributed by atoms with Gasteiger partial charge in [-0.15, -0.1) is 10.2 Å². The van der Waals surface area contributed by atoms with E-state index in [-0.39, 0.29) is 0 Å². The van der Waals surface area contributed by atoms with E-state index >= 15 is 0 Å². The van der Waals surface area contributed by atoms with Crippen LogP contribution < -0.4 is 0 Å². The molecule has 0 spiro atoms. The second kappa shape index (κ2) is 5.36. The highest BCUT2D eigenvalue weighted by Crippen LogP contribution is 2.24. The zero-order valence-electron chi connectivity index (χ0n) is 12.5. The smallest absolute Gasteiger partial charge is 0.152 e. The van der Waals surface area contributed by atoms with Gasteiger partial charge in [-0.25, -0.2) is 4.98 Å². The summed E-state index contributed by atoms with van der Waals surface area (Å²) in [6.07, 6.45) is 6.26. The summed E-state index contributed by atoms with van der Waals surface area (Å²) in [5.74, 6) is 3.62. The SMILES string of the molecule is Cc1nccn1Cc1nnc([C@@H]2CCCN(C)C2)n1C. The van der Waals surface area contributed by atoms with E-state index in [1.807, 2.05) is 19.3 Å². The molecule has 0 N–H and O–H groups in total. The molecule has 1 atom stereocenters. The van der Waals surface area contributed by atoms with Crippen LogP contribution in [0.2, 0.25) is 0 Å². The highest BCUT2D eigenvalue weighted by molar-refractivity contribution is 5.05. The third-order valence-corrected chi connectivity index (χ3v) is 4.22. The number of aromatic nitrogens is 5. The lowest BCUT2D eigenvalue weighted by molar-refractivity contribution is 0.243. The van der Waals surface area contributed by atoms with Crippen LogP contribution in [0.3, 0.4) is 0 Å². The number of piperidine rings is 1. The molecule has 3 heterocycles. The number of likely N-dealkylation sites (N-methyl/N-ethyl adjacent to an activating group) is 1. The summed E-state index contributed by atoms with van der Waals surface area (Å²) in [5, 5.41) is 8.81. The van der Waals surface area contributed by atoms with Crippen LogP contribution in [-0.2, 0) is 13.6 Å². The van der Waals surface area contributed by atoms with Gasteiger partial charge in [0.1, 0.15) is 11.6 Å². The van der Waals surface area contributed by atoms with Gasteiger partial charge in [0.2, 0.25) is 0 Å². The molecular weight excluding hydrogens is 252 g/mol. The summed E-state index contributed by atoms with van der Waals surface area (Å²) >= 11 is 0. The maximum absolute atomic E-state index is 4.44. The van der Waals surface area contributed by atoms with E-state index in [0.29, 0.717) is 5.92 Å². The van der Waals surface area contributed by atoms with Crippen LogP contribution in [-0.4, -0.2) is 49.4 Å². The van der Waals surface area contributed by atoms with E-state index in [1.165, 1.54) is 19.4 Å². The van der Waals surface area contributed by atoms with Crippen LogP contribution in [0.15, 0.2) is 12.4 Å². The van der Waals surface area contributed by atoms with E-state index < -0.39 is 0 Å². The molecule has 0 aliphatic carbocycles. The van der Waals surface area contributed by atoms with Gasteiger partial charge in [0, 0.05) is 31.9 Å². The number of hydrogen-bond donors (Lipinski definition) is 0. The van der Waals surface area contributed by atoms with Crippen molar-refractivity contribution in [2.24, 2.45) is 7.05 Å². The maximum Gasteiger partial charge on any atom is 0.152 e. The fourth-order valence-electron chi connectivity index (χ4n) is 2.97. The van der Waals surface area contributed by atoms with Crippen molar-refractivity contribution < 1.29 is 0 Å². The molecule has 2 aromatic rings. The third kappa shape index (κ3) is 2.47. The zero-order valence-corrected chi connectivity index (χ0v) is 12.5. The molecule has 1 saturated heterocycles. The minimum Gasteiger partial charge on any atom is -0.328 e. The van der Waals surface area contributed by atoms with Crippen LogP contribution in [0.25, 0.3) is 0 Å². The predicted octanol–water partition coefficient (Wildman–Crippen LogP) is 1.18. The Morgan fingerprint density at radius 1 is 1.30 bits per heavy atom. The molecule has 0 aromatic carbocycles. The quantitative estimate of drug-likeness (QED) is 0.843. The molecule has 6 heteroatoms. The average Bonchev–Trinajstić information content (AvgIpc) is 2.98. The topological polar surface area (TPSA) is 51.8 Å². The van der Waals surface area contributed by atoms with Crippen LogP contribution in [0.4, 0.5) is 0 Å². The van der Waals surface area contributed by atoms with Crippen LogP contribution in [0.5, 0.6) is 0 Å². The summed E-state index contributed by atoms with van der Waals surface area (Å²) in [6, 6.07) is 0. The second-order valence-electron chi connectivity index (χ2n) is 5.74. The van der Waals surface area contributed by atoms with Crippen LogP contribution in [0, 0.1) is 6.92 Å². The fraction of sp³-hybridized carbons (Fsp3) is 0.643. The van der Waals surface area contributed by atoms with Crippen molar-refractivity contribution >= 4 is 0 Å². The minimum absolute atomic E-state index is 0.504. The van der Waals surface area contributed by atoms with Crippen molar-refractivity contribution in [3.63, 3.8) is 0 Å². The first-order valence-corrected chi connectivity index (χ1v) is 7.19. The highest BCUT2D eigenvalue weighted by atomic mass is 15.3. The van der Waals surface area contributed by atoms with Gasteiger partial charge in [0.05, 0.1) is 6.54 Å². The van der Waals surface area contributed by atoms with E-state index in [0.717, 1.165) is 30.6 Å². The number of aryl methyl sites for hydroxylation is 1. The minimum atomic E-state index is 0.504. The molecule has 0 unspecified atom stereocenters. The largest absolute Gasteiger partial charge is 0.328 e. The van der Waals surface area contributed by atoms with Gasteiger partial charge in [-0.05, 0) is 33.4 Å². The van der Waals surface area contributed by atoms with Gasteiger partial charge >= 0.3 is 0 Å².